The van der Waals surface area contributed by atoms with Crippen LogP contribution in [-0.4, -0.2) is 35.2 Å². The maximum atomic E-state index is 11.5. The number of benzene rings is 1. The molecule has 4 nitrogen and oxygen atoms in total. The fraction of sp³-hybridized carbons (Fsp3) is 0.364. The minimum absolute atomic E-state index is 0.103. The SMILES string of the molecule is CS(=O)CCNCC(=O)Nc1ccc(Br)cc1. The molecule has 94 valence electrons. The molecule has 0 aromatic heterocycles. The van der Waals surface area contributed by atoms with Crippen LogP contribution in [0.2, 0.25) is 0 Å². The van der Waals surface area contributed by atoms with Gasteiger partial charge in [0.2, 0.25) is 5.91 Å². The largest absolute Gasteiger partial charge is 0.325 e. The first-order valence-electron chi connectivity index (χ1n) is 5.14. The Bertz CT molecular complexity index is 395. The quantitative estimate of drug-likeness (QED) is 0.779. The van der Waals surface area contributed by atoms with Crippen LogP contribution in [0.5, 0.6) is 0 Å². The van der Waals surface area contributed by atoms with Crippen molar-refractivity contribution in [2.75, 3.05) is 30.4 Å². The van der Waals surface area contributed by atoms with Crippen LogP contribution in [0, 0.1) is 0 Å². The molecule has 1 rings (SSSR count). The topological polar surface area (TPSA) is 58.2 Å². The molecule has 1 amide bonds. The lowest BCUT2D eigenvalue weighted by Gasteiger charge is -2.06. The lowest BCUT2D eigenvalue weighted by atomic mass is 10.3. The van der Waals surface area contributed by atoms with Crippen LogP contribution in [0.4, 0.5) is 5.69 Å². The molecule has 0 spiro atoms. The van der Waals surface area contributed by atoms with Gasteiger partial charge in [0.15, 0.2) is 0 Å². The van der Waals surface area contributed by atoms with Crippen LogP contribution in [0.15, 0.2) is 28.7 Å². The summed E-state index contributed by atoms with van der Waals surface area (Å²) < 4.78 is 11.7. The number of hydrogen-bond donors (Lipinski definition) is 2. The standard InChI is InChI=1S/C11H15BrN2O2S/c1-17(16)7-6-13-8-11(15)14-10-4-2-9(12)3-5-10/h2-5,13H,6-8H2,1H3,(H,14,15). The van der Waals surface area contributed by atoms with Crippen molar-refractivity contribution in [2.45, 2.75) is 0 Å². The summed E-state index contributed by atoms with van der Waals surface area (Å²) in [5.41, 5.74) is 0.763. The van der Waals surface area contributed by atoms with Gasteiger partial charge in [0.05, 0.1) is 6.54 Å². The van der Waals surface area contributed by atoms with Crippen molar-refractivity contribution < 1.29 is 9.00 Å². The van der Waals surface area contributed by atoms with Gasteiger partial charge in [0.25, 0.3) is 0 Å². The van der Waals surface area contributed by atoms with Gasteiger partial charge in [-0.3, -0.25) is 9.00 Å². The Morgan fingerprint density at radius 3 is 2.59 bits per heavy atom. The summed E-state index contributed by atoms with van der Waals surface area (Å²) in [6, 6.07) is 7.37. The highest BCUT2D eigenvalue weighted by molar-refractivity contribution is 9.10. The maximum Gasteiger partial charge on any atom is 0.238 e. The summed E-state index contributed by atoms with van der Waals surface area (Å²) in [5, 5.41) is 5.69. The predicted octanol–water partition coefficient (Wildman–Crippen LogP) is 1.36. The molecule has 0 aliphatic carbocycles. The van der Waals surface area contributed by atoms with Gasteiger partial charge in [0.1, 0.15) is 0 Å². The molecular formula is C11H15BrN2O2S. The van der Waals surface area contributed by atoms with E-state index in [0.29, 0.717) is 12.3 Å². The van der Waals surface area contributed by atoms with E-state index in [9.17, 15) is 9.00 Å². The number of amides is 1. The summed E-state index contributed by atoms with van der Waals surface area (Å²) in [6.07, 6.45) is 1.64. The number of carbonyl (C=O) groups is 1. The monoisotopic (exact) mass is 318 g/mol. The summed E-state index contributed by atoms with van der Waals surface area (Å²) in [7, 11) is -0.820. The third kappa shape index (κ3) is 6.55. The predicted molar refractivity (Wildman–Crippen MR) is 74.6 cm³/mol. The van der Waals surface area contributed by atoms with Crippen molar-refractivity contribution in [3.63, 3.8) is 0 Å². The number of anilines is 1. The second-order valence-corrected chi connectivity index (χ2v) is 5.98. The van der Waals surface area contributed by atoms with Gasteiger partial charge in [-0.2, -0.15) is 0 Å². The van der Waals surface area contributed by atoms with Gasteiger partial charge in [0, 0.05) is 39.5 Å². The minimum Gasteiger partial charge on any atom is -0.325 e. The number of rotatable bonds is 6. The molecule has 2 N–H and O–H groups in total. The van der Waals surface area contributed by atoms with Crippen LogP contribution < -0.4 is 10.6 Å². The zero-order chi connectivity index (χ0) is 12.7. The highest BCUT2D eigenvalue weighted by Gasteiger charge is 2.01. The minimum atomic E-state index is -0.820. The molecule has 6 heteroatoms. The van der Waals surface area contributed by atoms with E-state index in [0.717, 1.165) is 10.2 Å². The highest BCUT2D eigenvalue weighted by Crippen LogP contribution is 2.13. The van der Waals surface area contributed by atoms with Crippen LogP contribution in [0.25, 0.3) is 0 Å². The number of carbonyl (C=O) groups excluding carboxylic acids is 1. The Morgan fingerprint density at radius 1 is 1.35 bits per heavy atom. The zero-order valence-corrected chi connectivity index (χ0v) is 11.9. The van der Waals surface area contributed by atoms with E-state index in [1.807, 2.05) is 24.3 Å². The molecule has 0 heterocycles. The second kappa shape index (κ2) is 7.58. The molecule has 17 heavy (non-hydrogen) atoms. The van der Waals surface area contributed by atoms with E-state index in [1.165, 1.54) is 0 Å². The smallest absolute Gasteiger partial charge is 0.238 e. The molecule has 0 aliphatic rings. The number of hydrogen-bond acceptors (Lipinski definition) is 3. The molecule has 1 atom stereocenters. The average molecular weight is 319 g/mol. The van der Waals surface area contributed by atoms with E-state index < -0.39 is 10.8 Å². The van der Waals surface area contributed by atoms with E-state index in [-0.39, 0.29) is 12.5 Å². The van der Waals surface area contributed by atoms with Gasteiger partial charge < -0.3 is 10.6 Å². The maximum absolute atomic E-state index is 11.5. The van der Waals surface area contributed by atoms with Gasteiger partial charge >= 0.3 is 0 Å². The average Bonchev–Trinajstić information content (AvgIpc) is 2.27. The van der Waals surface area contributed by atoms with Gasteiger partial charge in [-0.1, -0.05) is 15.9 Å². The molecule has 0 saturated heterocycles. The van der Waals surface area contributed by atoms with Gasteiger partial charge in [-0.15, -0.1) is 0 Å². The highest BCUT2D eigenvalue weighted by atomic mass is 79.9. The van der Waals surface area contributed by atoms with Crippen molar-refractivity contribution in [1.82, 2.24) is 5.32 Å². The van der Waals surface area contributed by atoms with Crippen molar-refractivity contribution in [1.29, 1.82) is 0 Å². The summed E-state index contributed by atoms with van der Waals surface area (Å²) in [4.78, 5) is 11.5. The van der Waals surface area contributed by atoms with Crippen LogP contribution >= 0.6 is 15.9 Å². The fourth-order valence-corrected chi connectivity index (χ4v) is 1.85. The molecule has 0 aliphatic heterocycles. The van der Waals surface area contributed by atoms with Gasteiger partial charge in [-0.05, 0) is 24.3 Å². The third-order valence-electron chi connectivity index (χ3n) is 1.98. The Kier molecular flexibility index (Phi) is 6.39. The van der Waals surface area contributed by atoms with Crippen LogP contribution in [-0.2, 0) is 15.6 Å². The van der Waals surface area contributed by atoms with Crippen molar-refractivity contribution >= 4 is 38.3 Å². The lowest BCUT2D eigenvalue weighted by molar-refractivity contribution is -0.115. The molecule has 0 fully saturated rings. The lowest BCUT2D eigenvalue weighted by Crippen LogP contribution is -2.30. The molecule has 0 saturated carbocycles. The van der Waals surface area contributed by atoms with Crippen molar-refractivity contribution in [3.05, 3.63) is 28.7 Å². The van der Waals surface area contributed by atoms with Crippen LogP contribution in [0.1, 0.15) is 0 Å². The summed E-state index contributed by atoms with van der Waals surface area (Å²) in [6.45, 7) is 0.810. The molecule has 1 aromatic carbocycles. The van der Waals surface area contributed by atoms with E-state index >= 15 is 0 Å². The molecular weight excluding hydrogens is 304 g/mol. The number of halogens is 1. The Labute approximate surface area is 112 Å². The first-order chi connectivity index (χ1) is 8.08. The fourth-order valence-electron chi connectivity index (χ4n) is 1.16. The third-order valence-corrected chi connectivity index (χ3v) is 3.29. The van der Waals surface area contributed by atoms with E-state index in [2.05, 4.69) is 26.6 Å². The first-order valence-corrected chi connectivity index (χ1v) is 7.66. The van der Waals surface area contributed by atoms with Crippen LogP contribution in [0.3, 0.4) is 0 Å². The Hall–Kier alpha value is -0.720. The van der Waals surface area contributed by atoms with E-state index in [1.54, 1.807) is 6.26 Å². The summed E-state index contributed by atoms with van der Waals surface area (Å²) in [5.74, 6) is 0.458. The molecule has 0 radical (unpaired) electrons. The Balaban J connectivity index is 2.25. The normalized spacial score (nSPS) is 12.1. The number of nitrogens with one attached hydrogen (secondary N) is 2. The molecule has 0 bridgehead atoms. The van der Waals surface area contributed by atoms with Gasteiger partial charge in [-0.25, -0.2) is 0 Å². The van der Waals surface area contributed by atoms with E-state index in [4.69, 9.17) is 0 Å². The zero-order valence-electron chi connectivity index (χ0n) is 9.53. The van der Waals surface area contributed by atoms with Crippen molar-refractivity contribution in [3.8, 4) is 0 Å². The second-order valence-electron chi connectivity index (χ2n) is 3.51. The van der Waals surface area contributed by atoms with Crippen molar-refractivity contribution in [2.24, 2.45) is 0 Å². The Morgan fingerprint density at radius 2 is 2.00 bits per heavy atom. The first kappa shape index (κ1) is 14.3. The molecule has 1 unspecified atom stereocenters. The molecule has 1 aromatic rings. The summed E-state index contributed by atoms with van der Waals surface area (Å²) >= 11 is 3.32.